The molecular weight excluding hydrogens is 312 g/mol. The number of hydrogen-bond donors (Lipinski definition) is 3. The summed E-state index contributed by atoms with van der Waals surface area (Å²) in [6.45, 7) is 0. The highest BCUT2D eigenvalue weighted by atomic mass is 32.2. The Balaban J connectivity index is 1.93. The molecule has 0 radical (unpaired) electrons. The van der Waals surface area contributed by atoms with Gasteiger partial charge in [-0.3, -0.25) is 4.79 Å². The van der Waals surface area contributed by atoms with Crippen molar-refractivity contribution in [1.82, 2.24) is 5.32 Å². The molecule has 0 aromatic heterocycles. The zero-order valence-corrected chi connectivity index (χ0v) is 13.5. The van der Waals surface area contributed by atoms with Gasteiger partial charge in [-0.15, -0.1) is 11.8 Å². The number of carbonyl (C=O) groups excluding carboxylic acids is 1. The molecule has 1 aromatic carbocycles. The summed E-state index contributed by atoms with van der Waals surface area (Å²) in [7, 11) is 0. The van der Waals surface area contributed by atoms with Crippen molar-refractivity contribution in [1.29, 1.82) is 0 Å². The first-order valence-corrected chi connectivity index (χ1v) is 8.40. The molecular formula is C17H20N2O3S. The SMILES string of the molecule is N[C@@H](Cc1ccccc1)C(=O)N[C@@H](CC1=CC=CSC1)C(=O)O. The van der Waals surface area contributed by atoms with E-state index in [1.165, 1.54) is 0 Å². The van der Waals surface area contributed by atoms with Gasteiger partial charge in [-0.1, -0.05) is 48.1 Å². The van der Waals surface area contributed by atoms with Crippen LogP contribution in [0.4, 0.5) is 0 Å². The predicted octanol–water partition coefficient (Wildman–Crippen LogP) is 1.70. The maximum Gasteiger partial charge on any atom is 0.326 e. The van der Waals surface area contributed by atoms with Crippen molar-refractivity contribution in [3.05, 3.63) is 59.0 Å². The van der Waals surface area contributed by atoms with Crippen LogP contribution < -0.4 is 11.1 Å². The third kappa shape index (κ3) is 5.58. The van der Waals surface area contributed by atoms with Crippen molar-refractivity contribution < 1.29 is 14.7 Å². The van der Waals surface area contributed by atoms with E-state index in [-0.39, 0.29) is 6.42 Å². The first-order valence-electron chi connectivity index (χ1n) is 7.35. The van der Waals surface area contributed by atoms with Gasteiger partial charge in [-0.25, -0.2) is 4.79 Å². The number of rotatable bonds is 7. The monoisotopic (exact) mass is 332 g/mol. The van der Waals surface area contributed by atoms with Crippen LogP contribution in [0.1, 0.15) is 12.0 Å². The number of amides is 1. The zero-order valence-electron chi connectivity index (χ0n) is 12.6. The van der Waals surface area contributed by atoms with E-state index in [1.807, 2.05) is 47.9 Å². The molecule has 5 nitrogen and oxygen atoms in total. The lowest BCUT2D eigenvalue weighted by molar-refractivity contribution is -0.141. The van der Waals surface area contributed by atoms with Gasteiger partial charge < -0.3 is 16.2 Å². The van der Waals surface area contributed by atoms with Gasteiger partial charge >= 0.3 is 5.97 Å². The molecule has 2 rings (SSSR count). The number of allylic oxidation sites excluding steroid dienone is 2. The summed E-state index contributed by atoms with van der Waals surface area (Å²) >= 11 is 1.60. The Morgan fingerprint density at radius 1 is 1.26 bits per heavy atom. The molecule has 0 unspecified atom stereocenters. The molecule has 1 aliphatic rings. The minimum absolute atomic E-state index is 0.288. The first-order chi connectivity index (χ1) is 11.1. The highest BCUT2D eigenvalue weighted by molar-refractivity contribution is 8.02. The van der Waals surface area contributed by atoms with Gasteiger partial charge in [-0.05, 0) is 17.4 Å². The maximum absolute atomic E-state index is 12.2. The molecule has 23 heavy (non-hydrogen) atoms. The molecule has 2 atom stereocenters. The van der Waals surface area contributed by atoms with E-state index in [0.29, 0.717) is 6.42 Å². The van der Waals surface area contributed by atoms with Crippen LogP contribution in [0.5, 0.6) is 0 Å². The Kier molecular flexibility index (Phi) is 6.43. The summed E-state index contributed by atoms with van der Waals surface area (Å²) in [4.78, 5) is 23.5. The van der Waals surface area contributed by atoms with Crippen LogP contribution in [0.3, 0.4) is 0 Å². The number of thioether (sulfide) groups is 1. The van der Waals surface area contributed by atoms with Crippen molar-refractivity contribution in [2.24, 2.45) is 5.73 Å². The molecule has 0 bridgehead atoms. The van der Waals surface area contributed by atoms with Crippen LogP contribution in [-0.2, 0) is 16.0 Å². The Labute approximate surface area is 139 Å². The summed E-state index contributed by atoms with van der Waals surface area (Å²) in [5, 5.41) is 13.8. The predicted molar refractivity (Wildman–Crippen MR) is 92.0 cm³/mol. The van der Waals surface area contributed by atoms with Gasteiger partial charge in [0.2, 0.25) is 5.91 Å². The fraction of sp³-hybridized carbons (Fsp3) is 0.294. The lowest BCUT2D eigenvalue weighted by atomic mass is 10.0. The molecule has 6 heteroatoms. The maximum atomic E-state index is 12.2. The molecule has 1 aromatic rings. The molecule has 1 aliphatic heterocycles. The summed E-state index contributed by atoms with van der Waals surface area (Å²) < 4.78 is 0. The second-order valence-electron chi connectivity index (χ2n) is 5.36. The average Bonchev–Trinajstić information content (AvgIpc) is 2.56. The number of carboxylic acid groups (broad SMARTS) is 1. The van der Waals surface area contributed by atoms with Crippen LogP contribution in [-0.4, -0.2) is 34.8 Å². The third-order valence-corrected chi connectivity index (χ3v) is 4.38. The van der Waals surface area contributed by atoms with E-state index < -0.39 is 24.0 Å². The highest BCUT2D eigenvalue weighted by Crippen LogP contribution is 2.19. The van der Waals surface area contributed by atoms with Crippen LogP contribution >= 0.6 is 11.8 Å². The topological polar surface area (TPSA) is 92.4 Å². The van der Waals surface area contributed by atoms with Crippen LogP contribution in [0, 0.1) is 0 Å². The number of nitrogens with two attached hydrogens (primary N) is 1. The molecule has 1 amide bonds. The van der Waals surface area contributed by atoms with Crippen LogP contribution in [0.2, 0.25) is 0 Å². The molecule has 1 heterocycles. The van der Waals surface area contributed by atoms with Gasteiger partial charge in [0, 0.05) is 12.2 Å². The van der Waals surface area contributed by atoms with Gasteiger partial charge in [-0.2, -0.15) is 0 Å². The Bertz CT molecular complexity index is 614. The summed E-state index contributed by atoms with van der Waals surface area (Å²) in [6.07, 6.45) is 4.44. The van der Waals surface area contributed by atoms with Crippen LogP contribution in [0.25, 0.3) is 0 Å². The Morgan fingerprint density at radius 2 is 2.00 bits per heavy atom. The smallest absolute Gasteiger partial charge is 0.326 e. The van der Waals surface area contributed by atoms with E-state index in [1.54, 1.807) is 11.8 Å². The molecule has 122 valence electrons. The van der Waals surface area contributed by atoms with E-state index >= 15 is 0 Å². The number of nitrogens with one attached hydrogen (secondary N) is 1. The molecule has 4 N–H and O–H groups in total. The fourth-order valence-corrected chi connectivity index (χ4v) is 2.98. The standard InChI is InChI=1S/C17H20N2O3S/c18-14(9-12-5-2-1-3-6-12)16(20)19-15(17(21)22)10-13-7-4-8-23-11-13/h1-8,14-15H,9-11,18H2,(H,19,20)(H,21,22)/t14-,15-/m0/s1. The molecule has 0 spiro atoms. The zero-order chi connectivity index (χ0) is 16.7. The molecule has 0 saturated heterocycles. The van der Waals surface area contributed by atoms with E-state index in [4.69, 9.17) is 5.73 Å². The minimum atomic E-state index is -1.05. The molecule has 0 saturated carbocycles. The lowest BCUT2D eigenvalue weighted by Crippen LogP contribution is -2.49. The summed E-state index contributed by atoms with van der Waals surface area (Å²) in [6, 6.07) is 7.69. The Morgan fingerprint density at radius 3 is 2.61 bits per heavy atom. The average molecular weight is 332 g/mol. The van der Waals surface area contributed by atoms with Crippen molar-refractivity contribution in [2.75, 3.05) is 5.75 Å². The van der Waals surface area contributed by atoms with Crippen molar-refractivity contribution >= 4 is 23.6 Å². The van der Waals surface area contributed by atoms with Gasteiger partial charge in [0.15, 0.2) is 0 Å². The number of hydrogen-bond acceptors (Lipinski definition) is 4. The summed E-state index contributed by atoms with van der Waals surface area (Å²) in [5.41, 5.74) is 7.83. The van der Waals surface area contributed by atoms with Gasteiger partial charge in [0.05, 0.1) is 6.04 Å². The van der Waals surface area contributed by atoms with Crippen molar-refractivity contribution in [3.63, 3.8) is 0 Å². The first kappa shape index (κ1) is 17.3. The normalized spacial score (nSPS) is 16.3. The van der Waals surface area contributed by atoms with Crippen molar-refractivity contribution in [3.8, 4) is 0 Å². The van der Waals surface area contributed by atoms with E-state index in [2.05, 4.69) is 5.32 Å². The van der Waals surface area contributed by atoms with Gasteiger partial charge in [0.1, 0.15) is 6.04 Å². The fourth-order valence-electron chi connectivity index (χ4n) is 2.26. The number of carboxylic acids is 1. The van der Waals surface area contributed by atoms with E-state index in [9.17, 15) is 14.7 Å². The second kappa shape index (κ2) is 8.55. The Hall–Kier alpha value is -2.05. The van der Waals surface area contributed by atoms with E-state index in [0.717, 1.165) is 16.9 Å². The summed E-state index contributed by atoms with van der Waals surface area (Å²) in [5.74, 6) is -0.752. The van der Waals surface area contributed by atoms with Crippen LogP contribution in [0.15, 0.2) is 53.5 Å². The number of benzene rings is 1. The molecule has 0 aliphatic carbocycles. The van der Waals surface area contributed by atoms with Gasteiger partial charge in [0.25, 0.3) is 0 Å². The highest BCUT2D eigenvalue weighted by Gasteiger charge is 2.24. The second-order valence-corrected chi connectivity index (χ2v) is 6.26. The van der Waals surface area contributed by atoms with Crippen molar-refractivity contribution in [2.45, 2.75) is 24.9 Å². The lowest BCUT2D eigenvalue weighted by Gasteiger charge is -2.19. The number of carbonyl (C=O) groups is 2. The minimum Gasteiger partial charge on any atom is -0.480 e. The molecule has 0 fully saturated rings. The third-order valence-electron chi connectivity index (χ3n) is 3.49. The quantitative estimate of drug-likeness (QED) is 0.707. The number of aliphatic carboxylic acids is 1. The largest absolute Gasteiger partial charge is 0.480 e.